The fourth-order valence-electron chi connectivity index (χ4n) is 3.36. The third-order valence-corrected chi connectivity index (χ3v) is 6.06. The standard InChI is InChI=1S/C21H20F3N5O2S/c1-14-26-19(31-27-14)13-32-17-5-3-2-4-16(17)20(30)29-10-8-28(9-11-29)18-7-6-15(12-25-18)21(22,23)24/h2-7,12H,8-11,13H2,1H3. The van der Waals surface area contributed by atoms with Gasteiger partial charge in [-0.1, -0.05) is 17.3 Å². The number of hydrogen-bond donors (Lipinski definition) is 0. The zero-order valence-electron chi connectivity index (χ0n) is 17.2. The molecule has 1 fully saturated rings. The van der Waals surface area contributed by atoms with Crippen LogP contribution in [0.25, 0.3) is 0 Å². The van der Waals surface area contributed by atoms with Crippen LogP contribution in [0.15, 0.2) is 52.0 Å². The highest BCUT2D eigenvalue weighted by Crippen LogP contribution is 2.30. The molecule has 0 spiro atoms. The van der Waals surface area contributed by atoms with Crippen molar-refractivity contribution in [3.8, 4) is 0 Å². The first-order valence-corrected chi connectivity index (χ1v) is 10.9. The lowest BCUT2D eigenvalue weighted by atomic mass is 10.1. The smallest absolute Gasteiger partial charge is 0.353 e. The van der Waals surface area contributed by atoms with Crippen molar-refractivity contribution in [2.75, 3.05) is 31.1 Å². The zero-order valence-corrected chi connectivity index (χ0v) is 18.0. The van der Waals surface area contributed by atoms with E-state index in [1.54, 1.807) is 17.9 Å². The van der Waals surface area contributed by atoms with Gasteiger partial charge < -0.3 is 14.3 Å². The molecule has 0 saturated carbocycles. The first-order chi connectivity index (χ1) is 15.3. The number of alkyl halides is 3. The van der Waals surface area contributed by atoms with E-state index in [0.717, 1.165) is 17.2 Å². The predicted molar refractivity (Wildman–Crippen MR) is 112 cm³/mol. The maximum atomic E-state index is 13.1. The van der Waals surface area contributed by atoms with Crippen molar-refractivity contribution in [3.63, 3.8) is 0 Å². The molecule has 0 N–H and O–H groups in total. The van der Waals surface area contributed by atoms with E-state index in [1.165, 1.54) is 17.8 Å². The van der Waals surface area contributed by atoms with E-state index in [0.29, 0.717) is 55.0 Å². The minimum absolute atomic E-state index is 0.0881. The van der Waals surface area contributed by atoms with E-state index in [9.17, 15) is 18.0 Å². The molecular formula is C21H20F3N5O2S. The number of carbonyl (C=O) groups is 1. The van der Waals surface area contributed by atoms with Gasteiger partial charge in [0.15, 0.2) is 5.82 Å². The van der Waals surface area contributed by atoms with Crippen molar-refractivity contribution in [2.45, 2.75) is 23.7 Å². The number of rotatable bonds is 5. The Morgan fingerprint density at radius 1 is 1.12 bits per heavy atom. The molecule has 7 nitrogen and oxygen atoms in total. The molecule has 1 saturated heterocycles. The third-order valence-electron chi connectivity index (χ3n) is 5.00. The summed E-state index contributed by atoms with van der Waals surface area (Å²) >= 11 is 1.45. The van der Waals surface area contributed by atoms with Crippen molar-refractivity contribution in [1.29, 1.82) is 0 Å². The molecule has 0 unspecified atom stereocenters. The highest BCUT2D eigenvalue weighted by molar-refractivity contribution is 7.98. The van der Waals surface area contributed by atoms with Crippen LogP contribution >= 0.6 is 11.8 Å². The van der Waals surface area contributed by atoms with E-state index in [2.05, 4.69) is 15.1 Å². The lowest BCUT2D eigenvalue weighted by Gasteiger charge is -2.35. The summed E-state index contributed by atoms with van der Waals surface area (Å²) in [5, 5.41) is 3.77. The van der Waals surface area contributed by atoms with E-state index in [-0.39, 0.29) is 5.91 Å². The first-order valence-electron chi connectivity index (χ1n) is 9.90. The third kappa shape index (κ3) is 5.04. The summed E-state index contributed by atoms with van der Waals surface area (Å²) in [5.74, 6) is 1.89. The van der Waals surface area contributed by atoms with Crippen LogP contribution in [-0.2, 0) is 11.9 Å². The van der Waals surface area contributed by atoms with Gasteiger partial charge in [0, 0.05) is 37.3 Å². The Morgan fingerprint density at radius 2 is 1.88 bits per heavy atom. The van der Waals surface area contributed by atoms with Gasteiger partial charge in [0.1, 0.15) is 5.82 Å². The molecule has 2 aromatic heterocycles. The molecule has 0 atom stereocenters. The van der Waals surface area contributed by atoms with Crippen molar-refractivity contribution in [2.24, 2.45) is 0 Å². The molecule has 1 amide bonds. The summed E-state index contributed by atoms with van der Waals surface area (Å²) < 4.78 is 43.3. The minimum Gasteiger partial charge on any atom is -0.353 e. The molecule has 0 bridgehead atoms. The van der Waals surface area contributed by atoms with Gasteiger partial charge in [-0.3, -0.25) is 4.79 Å². The van der Waals surface area contributed by atoms with Crippen LogP contribution in [0.2, 0.25) is 0 Å². The first kappa shape index (κ1) is 22.1. The van der Waals surface area contributed by atoms with E-state index < -0.39 is 11.7 Å². The summed E-state index contributed by atoms with van der Waals surface area (Å²) in [4.78, 5) is 25.7. The largest absolute Gasteiger partial charge is 0.417 e. The lowest BCUT2D eigenvalue weighted by Crippen LogP contribution is -2.49. The number of benzene rings is 1. The van der Waals surface area contributed by atoms with Crippen LogP contribution in [0.3, 0.4) is 0 Å². The topological polar surface area (TPSA) is 75.4 Å². The number of aryl methyl sites for hydroxylation is 1. The van der Waals surface area contributed by atoms with Crippen LogP contribution in [0.4, 0.5) is 19.0 Å². The Labute approximate surface area is 186 Å². The Morgan fingerprint density at radius 3 is 2.50 bits per heavy atom. The second-order valence-corrected chi connectivity index (χ2v) is 8.22. The second-order valence-electron chi connectivity index (χ2n) is 7.20. The number of pyridine rings is 1. The zero-order chi connectivity index (χ0) is 22.7. The van der Waals surface area contributed by atoms with Crippen molar-refractivity contribution < 1.29 is 22.5 Å². The molecule has 3 aromatic rings. The van der Waals surface area contributed by atoms with Gasteiger partial charge >= 0.3 is 6.18 Å². The van der Waals surface area contributed by atoms with Gasteiger partial charge in [0.2, 0.25) is 5.89 Å². The average Bonchev–Trinajstić information content (AvgIpc) is 3.22. The highest BCUT2D eigenvalue weighted by Gasteiger charge is 2.31. The predicted octanol–water partition coefficient (Wildman–Crippen LogP) is 4.05. The number of piperazine rings is 1. The molecule has 0 radical (unpaired) electrons. The molecule has 1 aliphatic rings. The number of halogens is 3. The Balaban J connectivity index is 1.38. The molecule has 1 aromatic carbocycles. The Bertz CT molecular complexity index is 1080. The molecule has 11 heteroatoms. The minimum atomic E-state index is -4.41. The number of amides is 1. The monoisotopic (exact) mass is 463 g/mol. The average molecular weight is 463 g/mol. The number of carbonyl (C=O) groups excluding carboxylic acids is 1. The van der Waals surface area contributed by atoms with Gasteiger partial charge in [-0.2, -0.15) is 18.2 Å². The van der Waals surface area contributed by atoms with Crippen molar-refractivity contribution in [1.82, 2.24) is 20.0 Å². The maximum Gasteiger partial charge on any atom is 0.417 e. The maximum absolute atomic E-state index is 13.1. The molecule has 4 rings (SSSR count). The second kappa shape index (κ2) is 9.19. The van der Waals surface area contributed by atoms with Crippen LogP contribution in [0, 0.1) is 6.92 Å². The summed E-state index contributed by atoms with van der Waals surface area (Å²) in [7, 11) is 0. The Kier molecular flexibility index (Phi) is 6.35. The molecular weight excluding hydrogens is 443 g/mol. The number of nitrogens with zero attached hydrogens (tertiary/aromatic N) is 5. The summed E-state index contributed by atoms with van der Waals surface area (Å²) in [6.45, 7) is 3.61. The van der Waals surface area contributed by atoms with Gasteiger partial charge in [-0.15, -0.1) is 11.8 Å². The van der Waals surface area contributed by atoms with Gasteiger partial charge in [-0.05, 0) is 31.2 Å². The lowest BCUT2D eigenvalue weighted by molar-refractivity contribution is -0.137. The van der Waals surface area contributed by atoms with Crippen molar-refractivity contribution >= 4 is 23.5 Å². The van der Waals surface area contributed by atoms with Crippen LogP contribution in [0.1, 0.15) is 27.6 Å². The molecule has 0 aliphatic carbocycles. The van der Waals surface area contributed by atoms with Crippen LogP contribution in [0.5, 0.6) is 0 Å². The fourth-order valence-corrected chi connectivity index (χ4v) is 4.24. The van der Waals surface area contributed by atoms with E-state index >= 15 is 0 Å². The van der Waals surface area contributed by atoms with E-state index in [4.69, 9.17) is 4.52 Å². The quantitative estimate of drug-likeness (QED) is 0.529. The molecule has 3 heterocycles. The van der Waals surface area contributed by atoms with Gasteiger partial charge in [-0.25, -0.2) is 4.98 Å². The number of thioether (sulfide) groups is 1. The van der Waals surface area contributed by atoms with Gasteiger partial charge in [0.25, 0.3) is 5.91 Å². The number of hydrogen-bond acceptors (Lipinski definition) is 7. The summed E-state index contributed by atoms with van der Waals surface area (Å²) in [5.41, 5.74) is -0.185. The number of aromatic nitrogens is 3. The van der Waals surface area contributed by atoms with Crippen molar-refractivity contribution in [3.05, 3.63) is 65.4 Å². The number of anilines is 1. The Hall–Kier alpha value is -3.08. The van der Waals surface area contributed by atoms with Gasteiger partial charge in [0.05, 0.1) is 16.9 Å². The fraction of sp³-hybridized carbons (Fsp3) is 0.333. The summed E-state index contributed by atoms with van der Waals surface area (Å²) in [6, 6.07) is 9.74. The summed E-state index contributed by atoms with van der Waals surface area (Å²) in [6.07, 6.45) is -3.57. The molecule has 1 aliphatic heterocycles. The van der Waals surface area contributed by atoms with E-state index in [1.807, 2.05) is 23.1 Å². The van der Waals surface area contributed by atoms with Crippen LogP contribution < -0.4 is 4.90 Å². The SMILES string of the molecule is Cc1noc(CSc2ccccc2C(=O)N2CCN(c3ccc(C(F)(F)F)cn3)CC2)n1. The molecule has 168 valence electrons. The molecule has 32 heavy (non-hydrogen) atoms. The van der Waals surface area contributed by atoms with Crippen LogP contribution in [-0.4, -0.2) is 52.1 Å². The highest BCUT2D eigenvalue weighted by atomic mass is 32.2. The normalized spacial score (nSPS) is 14.6.